The lowest BCUT2D eigenvalue weighted by Gasteiger charge is -2.16. The third-order valence-electron chi connectivity index (χ3n) is 5.58. The smallest absolute Gasteiger partial charge is 0.119 e. The van der Waals surface area contributed by atoms with Crippen molar-refractivity contribution >= 4 is 0 Å². The van der Waals surface area contributed by atoms with Crippen molar-refractivity contribution in [3.63, 3.8) is 0 Å². The molecule has 0 fully saturated rings. The Morgan fingerprint density at radius 1 is 0.538 bits per heavy atom. The number of aromatic hydroxyl groups is 1. The maximum absolute atomic E-state index is 10.4. The molecule has 1 aromatic rings. The lowest BCUT2D eigenvalue weighted by molar-refractivity contribution is 0.463. The minimum Gasteiger partial charge on any atom is -0.508 e. The summed E-state index contributed by atoms with van der Waals surface area (Å²) in [7, 11) is 0. The van der Waals surface area contributed by atoms with Crippen LogP contribution < -0.4 is 0 Å². The molecular weight excluding hydrogens is 316 g/mol. The SMILES string of the molecule is CCCCCCCCCCCCc1c(O)ccc(CCC)c1CCCC. The highest BCUT2D eigenvalue weighted by Crippen LogP contribution is 2.29. The van der Waals surface area contributed by atoms with Gasteiger partial charge in [-0.1, -0.05) is 97.5 Å². The average molecular weight is 361 g/mol. The highest BCUT2D eigenvalue weighted by Gasteiger charge is 2.12. The van der Waals surface area contributed by atoms with Gasteiger partial charge < -0.3 is 5.11 Å². The number of phenolic OH excluding ortho intramolecular Hbond substituents is 1. The molecule has 150 valence electrons. The van der Waals surface area contributed by atoms with Crippen molar-refractivity contribution in [1.29, 1.82) is 0 Å². The van der Waals surface area contributed by atoms with E-state index < -0.39 is 0 Å². The normalized spacial score (nSPS) is 11.2. The van der Waals surface area contributed by atoms with Gasteiger partial charge in [-0.2, -0.15) is 0 Å². The Balaban J connectivity index is 2.39. The van der Waals surface area contributed by atoms with E-state index in [4.69, 9.17) is 0 Å². The third kappa shape index (κ3) is 9.10. The highest BCUT2D eigenvalue weighted by atomic mass is 16.3. The molecule has 0 atom stereocenters. The van der Waals surface area contributed by atoms with Gasteiger partial charge in [0.2, 0.25) is 0 Å². The molecular formula is C25H44O. The molecule has 1 nitrogen and oxygen atoms in total. The van der Waals surface area contributed by atoms with E-state index in [2.05, 4.69) is 26.8 Å². The molecule has 0 unspecified atom stereocenters. The predicted octanol–water partition coefficient (Wildman–Crippen LogP) is 8.15. The summed E-state index contributed by atoms with van der Waals surface area (Å²) in [6.45, 7) is 6.78. The third-order valence-corrected chi connectivity index (χ3v) is 5.58. The number of unbranched alkanes of at least 4 members (excludes halogenated alkanes) is 10. The number of hydrogen-bond acceptors (Lipinski definition) is 1. The Morgan fingerprint density at radius 3 is 1.65 bits per heavy atom. The summed E-state index contributed by atoms with van der Waals surface area (Å²) in [5.41, 5.74) is 4.19. The second-order valence-corrected chi connectivity index (χ2v) is 7.99. The topological polar surface area (TPSA) is 20.2 Å². The number of aryl methyl sites for hydroxylation is 1. The van der Waals surface area contributed by atoms with Gasteiger partial charge in [-0.25, -0.2) is 0 Å². The summed E-state index contributed by atoms with van der Waals surface area (Å²) >= 11 is 0. The molecule has 1 aromatic carbocycles. The largest absolute Gasteiger partial charge is 0.508 e. The first-order chi connectivity index (χ1) is 12.7. The second-order valence-electron chi connectivity index (χ2n) is 7.99. The fourth-order valence-electron chi connectivity index (χ4n) is 3.97. The number of hydrogen-bond donors (Lipinski definition) is 1. The van der Waals surface area contributed by atoms with E-state index in [1.165, 1.54) is 100 Å². The molecule has 0 aliphatic heterocycles. The molecule has 0 saturated carbocycles. The van der Waals surface area contributed by atoms with E-state index in [9.17, 15) is 5.11 Å². The van der Waals surface area contributed by atoms with Crippen LogP contribution >= 0.6 is 0 Å². The quantitative estimate of drug-likeness (QED) is 0.295. The Labute approximate surface area is 163 Å². The Hall–Kier alpha value is -0.980. The molecule has 0 aliphatic rings. The van der Waals surface area contributed by atoms with Gasteiger partial charge in [-0.3, -0.25) is 0 Å². The van der Waals surface area contributed by atoms with Gasteiger partial charge in [0.1, 0.15) is 5.75 Å². The van der Waals surface area contributed by atoms with Crippen LogP contribution in [0.15, 0.2) is 12.1 Å². The van der Waals surface area contributed by atoms with E-state index in [1.807, 2.05) is 6.07 Å². The lowest BCUT2D eigenvalue weighted by atomic mass is 9.90. The predicted molar refractivity (Wildman–Crippen MR) is 116 cm³/mol. The minimum atomic E-state index is 0.534. The van der Waals surface area contributed by atoms with Gasteiger partial charge in [-0.15, -0.1) is 0 Å². The van der Waals surface area contributed by atoms with Crippen LogP contribution in [0.25, 0.3) is 0 Å². The van der Waals surface area contributed by atoms with Crippen molar-refractivity contribution in [2.45, 2.75) is 124 Å². The van der Waals surface area contributed by atoms with Gasteiger partial charge in [0, 0.05) is 0 Å². The maximum Gasteiger partial charge on any atom is 0.119 e. The Morgan fingerprint density at radius 2 is 1.08 bits per heavy atom. The van der Waals surface area contributed by atoms with Crippen LogP contribution in [0.3, 0.4) is 0 Å². The minimum absolute atomic E-state index is 0.534. The summed E-state index contributed by atoms with van der Waals surface area (Å²) < 4.78 is 0. The molecule has 0 radical (unpaired) electrons. The van der Waals surface area contributed by atoms with Gasteiger partial charge in [0.05, 0.1) is 0 Å². The molecule has 0 aromatic heterocycles. The number of phenols is 1. The lowest BCUT2D eigenvalue weighted by Crippen LogP contribution is -2.02. The van der Waals surface area contributed by atoms with E-state index in [0.717, 1.165) is 19.3 Å². The molecule has 1 heteroatoms. The Bertz CT molecular complexity index is 463. The van der Waals surface area contributed by atoms with Crippen LogP contribution in [-0.2, 0) is 19.3 Å². The van der Waals surface area contributed by atoms with Crippen LogP contribution in [0.1, 0.15) is 121 Å². The van der Waals surface area contributed by atoms with Crippen molar-refractivity contribution in [3.05, 3.63) is 28.8 Å². The number of benzene rings is 1. The summed E-state index contributed by atoms with van der Waals surface area (Å²) in [5, 5.41) is 10.4. The van der Waals surface area contributed by atoms with Gasteiger partial charge >= 0.3 is 0 Å². The zero-order chi connectivity index (χ0) is 19.0. The van der Waals surface area contributed by atoms with Crippen LogP contribution in [-0.4, -0.2) is 5.11 Å². The first kappa shape index (κ1) is 23.1. The molecule has 0 aliphatic carbocycles. The van der Waals surface area contributed by atoms with Crippen molar-refractivity contribution in [2.75, 3.05) is 0 Å². The monoisotopic (exact) mass is 360 g/mol. The standard InChI is InChI=1S/C25H44O/c1-4-7-9-10-11-12-13-14-15-16-19-24-23(18-8-5-2)22(17-6-3)20-21-25(24)26/h20-21,26H,4-19H2,1-3H3. The maximum atomic E-state index is 10.4. The molecule has 1 rings (SSSR count). The molecule has 0 saturated heterocycles. The average Bonchev–Trinajstić information content (AvgIpc) is 2.64. The first-order valence-electron chi connectivity index (χ1n) is 11.6. The highest BCUT2D eigenvalue weighted by molar-refractivity contribution is 5.45. The summed E-state index contributed by atoms with van der Waals surface area (Å²) in [4.78, 5) is 0. The fraction of sp³-hybridized carbons (Fsp3) is 0.760. The molecule has 0 spiro atoms. The molecule has 0 heterocycles. The van der Waals surface area contributed by atoms with Crippen molar-refractivity contribution in [1.82, 2.24) is 0 Å². The van der Waals surface area contributed by atoms with Gasteiger partial charge in [-0.05, 0) is 54.9 Å². The molecule has 0 amide bonds. The van der Waals surface area contributed by atoms with Crippen LogP contribution in [0.2, 0.25) is 0 Å². The van der Waals surface area contributed by atoms with E-state index >= 15 is 0 Å². The Kier molecular flexibility index (Phi) is 13.4. The number of rotatable bonds is 16. The van der Waals surface area contributed by atoms with E-state index in [1.54, 1.807) is 0 Å². The first-order valence-corrected chi connectivity index (χ1v) is 11.6. The fourth-order valence-corrected chi connectivity index (χ4v) is 3.97. The van der Waals surface area contributed by atoms with Crippen LogP contribution in [0.5, 0.6) is 5.75 Å². The summed E-state index contributed by atoms with van der Waals surface area (Å²) in [6.07, 6.45) is 20.6. The van der Waals surface area contributed by atoms with Gasteiger partial charge in [0.25, 0.3) is 0 Å². The summed E-state index contributed by atoms with van der Waals surface area (Å²) in [5.74, 6) is 0.534. The van der Waals surface area contributed by atoms with Crippen LogP contribution in [0, 0.1) is 0 Å². The van der Waals surface area contributed by atoms with E-state index in [-0.39, 0.29) is 0 Å². The van der Waals surface area contributed by atoms with Crippen molar-refractivity contribution in [2.24, 2.45) is 0 Å². The van der Waals surface area contributed by atoms with Crippen molar-refractivity contribution in [3.8, 4) is 5.75 Å². The van der Waals surface area contributed by atoms with Gasteiger partial charge in [0.15, 0.2) is 0 Å². The second kappa shape index (κ2) is 15.1. The summed E-state index contributed by atoms with van der Waals surface area (Å²) in [6, 6.07) is 4.10. The zero-order valence-corrected chi connectivity index (χ0v) is 17.9. The molecule has 0 bridgehead atoms. The molecule has 26 heavy (non-hydrogen) atoms. The molecule has 1 N–H and O–H groups in total. The van der Waals surface area contributed by atoms with Crippen LogP contribution in [0.4, 0.5) is 0 Å². The van der Waals surface area contributed by atoms with Crippen molar-refractivity contribution < 1.29 is 5.11 Å². The zero-order valence-electron chi connectivity index (χ0n) is 17.9. The van der Waals surface area contributed by atoms with E-state index in [0.29, 0.717) is 5.75 Å².